The number of nitrogens with one attached hydrogen (secondary N) is 1. The number of hydrogen-bond donors (Lipinski definition) is 1. The van der Waals surface area contributed by atoms with Crippen molar-refractivity contribution >= 4 is 38.2 Å². The van der Waals surface area contributed by atoms with E-state index in [-0.39, 0.29) is 29.6 Å². The Morgan fingerprint density at radius 2 is 1.86 bits per heavy atom. The molecule has 1 N–H and O–H groups in total. The van der Waals surface area contributed by atoms with E-state index in [1.807, 2.05) is 24.3 Å². The van der Waals surface area contributed by atoms with Crippen molar-refractivity contribution in [3.8, 4) is 0 Å². The van der Waals surface area contributed by atoms with Crippen LogP contribution in [-0.2, 0) is 11.3 Å². The van der Waals surface area contributed by atoms with Crippen LogP contribution in [0.4, 0.5) is 0 Å². The van der Waals surface area contributed by atoms with Crippen molar-refractivity contribution in [2.24, 2.45) is 0 Å². The second-order valence-electron chi connectivity index (χ2n) is 7.14. The number of benzene rings is 2. The molecule has 7 nitrogen and oxygen atoms in total. The number of amides is 1. The quantitative estimate of drug-likeness (QED) is 0.567. The predicted molar refractivity (Wildman–Crippen MR) is 112 cm³/mol. The molecule has 1 aliphatic rings. The van der Waals surface area contributed by atoms with Crippen LogP contribution in [0.5, 0.6) is 0 Å². The minimum absolute atomic E-state index is 0.0946. The zero-order valence-electron chi connectivity index (χ0n) is 15.5. The van der Waals surface area contributed by atoms with Gasteiger partial charge in [0.15, 0.2) is 0 Å². The van der Waals surface area contributed by atoms with Crippen LogP contribution in [0.15, 0.2) is 58.1 Å². The maximum atomic E-state index is 13.0. The highest BCUT2D eigenvalue weighted by molar-refractivity contribution is 7.18. The van der Waals surface area contributed by atoms with E-state index in [0.29, 0.717) is 17.3 Å². The zero-order valence-corrected chi connectivity index (χ0v) is 16.3. The van der Waals surface area contributed by atoms with Crippen molar-refractivity contribution in [1.29, 1.82) is 0 Å². The molecule has 0 saturated carbocycles. The molecule has 3 heterocycles. The van der Waals surface area contributed by atoms with Crippen LogP contribution in [0.25, 0.3) is 21.0 Å². The van der Waals surface area contributed by atoms with Crippen molar-refractivity contribution in [1.82, 2.24) is 19.7 Å². The highest BCUT2D eigenvalue weighted by atomic mass is 32.1. The van der Waals surface area contributed by atoms with Crippen molar-refractivity contribution in [3.05, 3.63) is 74.2 Å². The second-order valence-corrected chi connectivity index (χ2v) is 8.21. The molecule has 0 aliphatic carbocycles. The third kappa shape index (κ3) is 3.05. The normalized spacial score (nSPS) is 16.7. The average molecular weight is 406 g/mol. The van der Waals surface area contributed by atoms with Gasteiger partial charge in [-0.1, -0.05) is 24.3 Å². The number of rotatable bonds is 3. The molecular weight excluding hydrogens is 388 g/mol. The van der Waals surface area contributed by atoms with Crippen LogP contribution in [0, 0.1) is 0 Å². The van der Waals surface area contributed by atoms with Gasteiger partial charge in [0.2, 0.25) is 5.91 Å². The summed E-state index contributed by atoms with van der Waals surface area (Å²) in [5.41, 5.74) is 0.184. The third-order valence-corrected chi connectivity index (χ3v) is 6.48. The predicted octanol–water partition coefficient (Wildman–Crippen LogP) is 2.66. The number of likely N-dealkylation sites (tertiary alicyclic amines) is 1. The largest absolute Gasteiger partial charge is 0.332 e. The van der Waals surface area contributed by atoms with Gasteiger partial charge in [-0.2, -0.15) is 0 Å². The average Bonchev–Trinajstić information content (AvgIpc) is 3.38. The lowest BCUT2D eigenvalue weighted by molar-refractivity contribution is -0.133. The lowest BCUT2D eigenvalue weighted by Crippen LogP contribution is -2.39. The minimum atomic E-state index is -0.378. The van der Waals surface area contributed by atoms with Gasteiger partial charge in [-0.05, 0) is 37.1 Å². The Kier molecular flexibility index (Phi) is 4.28. The van der Waals surface area contributed by atoms with E-state index in [1.165, 1.54) is 0 Å². The molecule has 146 valence electrons. The highest BCUT2D eigenvalue weighted by Gasteiger charge is 2.32. The van der Waals surface area contributed by atoms with E-state index >= 15 is 0 Å². The zero-order chi connectivity index (χ0) is 20.0. The number of aromatic nitrogens is 3. The number of carbonyl (C=O) groups is 1. The summed E-state index contributed by atoms with van der Waals surface area (Å²) in [5.74, 6) is -0.195. The molecule has 29 heavy (non-hydrogen) atoms. The summed E-state index contributed by atoms with van der Waals surface area (Å²) in [5, 5.41) is 4.09. The molecule has 2 aromatic carbocycles. The molecule has 1 atom stereocenters. The van der Waals surface area contributed by atoms with Gasteiger partial charge in [0.1, 0.15) is 11.6 Å². The van der Waals surface area contributed by atoms with Gasteiger partial charge in [-0.25, -0.2) is 9.67 Å². The summed E-state index contributed by atoms with van der Waals surface area (Å²) in [6.07, 6.45) is 1.73. The monoisotopic (exact) mass is 406 g/mol. The van der Waals surface area contributed by atoms with E-state index in [9.17, 15) is 14.4 Å². The fraction of sp³-hybridized carbons (Fsp3) is 0.238. The Labute approximate surface area is 169 Å². The number of thiazole rings is 1. The number of nitrogens with zero attached hydrogens (tertiary/aromatic N) is 3. The maximum Gasteiger partial charge on any atom is 0.273 e. The Balaban J connectivity index is 1.46. The summed E-state index contributed by atoms with van der Waals surface area (Å²) in [7, 11) is 0. The number of hydrogen-bond acceptors (Lipinski definition) is 5. The van der Waals surface area contributed by atoms with Gasteiger partial charge in [-0.3, -0.25) is 19.5 Å². The standard InChI is InChI=1S/C21H18N4O3S/c26-18(12-25-21(28)14-7-2-1-6-13(14)19(27)23-25)24-11-5-9-16(24)20-22-15-8-3-4-10-17(15)29-20/h1-4,6-8,10,16H,5,9,11-12H2,(H,23,27)/t16-/m0/s1. The van der Waals surface area contributed by atoms with Crippen LogP contribution >= 0.6 is 11.3 Å². The first-order valence-corrected chi connectivity index (χ1v) is 10.3. The summed E-state index contributed by atoms with van der Waals surface area (Å²) in [6, 6.07) is 14.4. The Morgan fingerprint density at radius 1 is 1.10 bits per heavy atom. The summed E-state index contributed by atoms with van der Waals surface area (Å²) >= 11 is 1.60. The molecule has 0 radical (unpaired) electrons. The van der Waals surface area contributed by atoms with E-state index in [2.05, 4.69) is 5.10 Å². The fourth-order valence-electron chi connectivity index (χ4n) is 3.94. The molecule has 5 rings (SSSR count). The second kappa shape index (κ2) is 6.97. The van der Waals surface area contributed by atoms with Crippen LogP contribution in [-0.4, -0.2) is 32.1 Å². The Morgan fingerprint density at radius 3 is 2.69 bits per heavy atom. The Bertz CT molecular complexity index is 1320. The smallest absolute Gasteiger partial charge is 0.273 e. The van der Waals surface area contributed by atoms with Crippen LogP contribution < -0.4 is 11.1 Å². The van der Waals surface area contributed by atoms with Gasteiger partial charge >= 0.3 is 0 Å². The van der Waals surface area contributed by atoms with Gasteiger partial charge in [-0.15, -0.1) is 11.3 Å². The molecule has 1 fully saturated rings. The lowest BCUT2D eigenvalue weighted by Gasteiger charge is -2.23. The van der Waals surface area contributed by atoms with E-state index in [4.69, 9.17) is 4.98 Å². The highest BCUT2D eigenvalue weighted by Crippen LogP contribution is 2.36. The molecule has 0 spiro atoms. The first kappa shape index (κ1) is 17.8. The Hall–Kier alpha value is -3.26. The third-order valence-electron chi connectivity index (χ3n) is 5.35. The molecule has 0 bridgehead atoms. The molecular formula is C21H18N4O3S. The van der Waals surface area contributed by atoms with Crippen LogP contribution in [0.1, 0.15) is 23.9 Å². The van der Waals surface area contributed by atoms with Gasteiger partial charge in [0, 0.05) is 6.54 Å². The van der Waals surface area contributed by atoms with Gasteiger partial charge < -0.3 is 4.90 Å². The molecule has 4 aromatic rings. The number of aromatic amines is 1. The van der Waals surface area contributed by atoms with Crippen molar-refractivity contribution in [2.45, 2.75) is 25.4 Å². The summed E-state index contributed by atoms with van der Waals surface area (Å²) in [6.45, 7) is 0.423. The minimum Gasteiger partial charge on any atom is -0.332 e. The summed E-state index contributed by atoms with van der Waals surface area (Å²) < 4.78 is 2.21. The van der Waals surface area contributed by atoms with E-state index < -0.39 is 0 Å². The van der Waals surface area contributed by atoms with Gasteiger partial charge in [0.25, 0.3) is 11.1 Å². The van der Waals surface area contributed by atoms with E-state index in [1.54, 1.807) is 40.5 Å². The maximum absolute atomic E-state index is 13.0. The lowest BCUT2D eigenvalue weighted by atomic mass is 10.2. The molecule has 1 saturated heterocycles. The van der Waals surface area contributed by atoms with E-state index in [0.717, 1.165) is 32.7 Å². The fourth-order valence-corrected chi connectivity index (χ4v) is 5.05. The molecule has 1 amide bonds. The van der Waals surface area contributed by atoms with Crippen molar-refractivity contribution < 1.29 is 4.79 Å². The van der Waals surface area contributed by atoms with Crippen molar-refractivity contribution in [2.75, 3.05) is 6.54 Å². The summed E-state index contributed by atoms with van der Waals surface area (Å²) in [4.78, 5) is 44.5. The first-order valence-electron chi connectivity index (χ1n) is 9.48. The molecule has 2 aromatic heterocycles. The van der Waals surface area contributed by atoms with Crippen molar-refractivity contribution in [3.63, 3.8) is 0 Å². The van der Waals surface area contributed by atoms with Crippen LogP contribution in [0.2, 0.25) is 0 Å². The number of fused-ring (bicyclic) bond motifs is 2. The molecule has 1 aliphatic heterocycles. The number of carbonyl (C=O) groups excluding carboxylic acids is 1. The molecule has 0 unspecified atom stereocenters. The molecule has 8 heteroatoms. The number of H-pyrrole nitrogens is 1. The van der Waals surface area contributed by atoms with Crippen LogP contribution in [0.3, 0.4) is 0 Å². The topological polar surface area (TPSA) is 88.1 Å². The first-order chi connectivity index (χ1) is 14.1. The van der Waals surface area contributed by atoms with Gasteiger partial charge in [0.05, 0.1) is 27.0 Å². The number of para-hydroxylation sites is 1. The SMILES string of the molecule is O=C(Cn1[nH]c(=O)c2ccccc2c1=O)N1CCC[C@H]1c1nc2ccccc2s1.